The van der Waals surface area contributed by atoms with Gasteiger partial charge in [-0.3, -0.25) is 0 Å². The zero-order chi connectivity index (χ0) is 11.5. The molecule has 2 rings (SSSR count). The summed E-state index contributed by atoms with van der Waals surface area (Å²) in [4.78, 5) is 3.48. The monoisotopic (exact) mass is 221 g/mol. The smallest absolute Gasteiger partial charge is 0.222 e. The number of benzene rings is 1. The van der Waals surface area contributed by atoms with Crippen molar-refractivity contribution < 1.29 is 13.5 Å². The SMILES string of the molecule is Cc1cccc(Oc2cccc(F)n2)c1F. The molecule has 0 N–H and O–H groups in total. The summed E-state index contributed by atoms with van der Waals surface area (Å²) < 4.78 is 31.5. The summed E-state index contributed by atoms with van der Waals surface area (Å²) in [5.74, 6) is -1.05. The average Bonchev–Trinajstić information content (AvgIpc) is 2.25. The third-order valence-corrected chi connectivity index (χ3v) is 2.06. The molecule has 0 spiro atoms. The maximum Gasteiger partial charge on any atom is 0.222 e. The normalized spacial score (nSPS) is 10.2. The molecule has 0 aliphatic carbocycles. The fraction of sp³-hybridized carbons (Fsp3) is 0.0833. The van der Waals surface area contributed by atoms with Crippen molar-refractivity contribution in [3.05, 3.63) is 53.7 Å². The van der Waals surface area contributed by atoms with Crippen molar-refractivity contribution in [2.45, 2.75) is 6.92 Å². The van der Waals surface area contributed by atoms with Crippen LogP contribution in [0.25, 0.3) is 0 Å². The second-order valence-corrected chi connectivity index (χ2v) is 3.29. The number of ether oxygens (including phenoxy) is 1. The van der Waals surface area contributed by atoms with Crippen LogP contribution in [0.15, 0.2) is 36.4 Å². The van der Waals surface area contributed by atoms with Crippen LogP contribution < -0.4 is 4.74 Å². The van der Waals surface area contributed by atoms with Crippen LogP contribution in [0.4, 0.5) is 8.78 Å². The van der Waals surface area contributed by atoms with Crippen molar-refractivity contribution in [3.8, 4) is 11.6 Å². The molecule has 0 aliphatic rings. The van der Waals surface area contributed by atoms with E-state index in [2.05, 4.69) is 4.98 Å². The second-order valence-electron chi connectivity index (χ2n) is 3.29. The zero-order valence-electron chi connectivity index (χ0n) is 8.58. The van der Waals surface area contributed by atoms with Gasteiger partial charge in [-0.05, 0) is 24.6 Å². The predicted octanol–water partition coefficient (Wildman–Crippen LogP) is 3.46. The number of hydrogen-bond donors (Lipinski definition) is 0. The molecule has 4 heteroatoms. The number of hydrogen-bond acceptors (Lipinski definition) is 2. The number of halogens is 2. The molecule has 0 amide bonds. The Balaban J connectivity index is 2.31. The van der Waals surface area contributed by atoms with E-state index in [4.69, 9.17) is 4.74 Å². The van der Waals surface area contributed by atoms with Crippen molar-refractivity contribution >= 4 is 0 Å². The average molecular weight is 221 g/mol. The molecular weight excluding hydrogens is 212 g/mol. The fourth-order valence-electron chi connectivity index (χ4n) is 1.26. The van der Waals surface area contributed by atoms with Gasteiger partial charge >= 0.3 is 0 Å². The summed E-state index contributed by atoms with van der Waals surface area (Å²) in [7, 11) is 0. The molecule has 0 saturated heterocycles. The molecule has 0 atom stereocenters. The van der Waals surface area contributed by atoms with E-state index >= 15 is 0 Å². The lowest BCUT2D eigenvalue weighted by atomic mass is 10.2. The lowest BCUT2D eigenvalue weighted by Crippen LogP contribution is -1.93. The number of pyridine rings is 1. The van der Waals surface area contributed by atoms with E-state index in [0.29, 0.717) is 5.56 Å². The minimum atomic E-state index is -0.662. The van der Waals surface area contributed by atoms with Crippen molar-refractivity contribution in [3.63, 3.8) is 0 Å². The maximum atomic E-state index is 13.5. The molecule has 0 bridgehead atoms. The quantitative estimate of drug-likeness (QED) is 0.724. The van der Waals surface area contributed by atoms with Gasteiger partial charge in [-0.2, -0.15) is 9.37 Å². The van der Waals surface area contributed by atoms with E-state index in [1.165, 1.54) is 24.3 Å². The number of aromatic nitrogens is 1. The Morgan fingerprint density at radius 2 is 1.81 bits per heavy atom. The van der Waals surface area contributed by atoms with Crippen LogP contribution in [0, 0.1) is 18.7 Å². The topological polar surface area (TPSA) is 22.1 Å². The van der Waals surface area contributed by atoms with Crippen molar-refractivity contribution in [1.82, 2.24) is 4.98 Å². The Labute approximate surface area is 91.5 Å². The molecule has 0 aliphatic heterocycles. The van der Waals surface area contributed by atoms with Crippen LogP contribution in [0.3, 0.4) is 0 Å². The third-order valence-electron chi connectivity index (χ3n) is 2.06. The highest BCUT2D eigenvalue weighted by atomic mass is 19.1. The van der Waals surface area contributed by atoms with Gasteiger partial charge in [0.15, 0.2) is 11.6 Å². The molecule has 2 nitrogen and oxygen atoms in total. The van der Waals surface area contributed by atoms with Crippen LogP contribution in [0.2, 0.25) is 0 Å². The van der Waals surface area contributed by atoms with E-state index in [9.17, 15) is 8.78 Å². The van der Waals surface area contributed by atoms with Gasteiger partial charge < -0.3 is 4.74 Å². The molecule has 0 unspecified atom stereocenters. The van der Waals surface area contributed by atoms with Gasteiger partial charge in [0, 0.05) is 6.07 Å². The van der Waals surface area contributed by atoms with Crippen LogP contribution in [-0.4, -0.2) is 4.98 Å². The summed E-state index contributed by atoms with van der Waals surface area (Å²) >= 11 is 0. The molecule has 82 valence electrons. The number of nitrogens with zero attached hydrogens (tertiary/aromatic N) is 1. The molecular formula is C12H9F2NO. The fourth-order valence-corrected chi connectivity index (χ4v) is 1.26. The lowest BCUT2D eigenvalue weighted by Gasteiger charge is -2.06. The standard InChI is InChI=1S/C12H9F2NO/c1-8-4-2-5-9(12(8)14)16-11-7-3-6-10(13)15-11/h2-7H,1H3. The Morgan fingerprint density at radius 3 is 2.56 bits per heavy atom. The van der Waals surface area contributed by atoms with Crippen LogP contribution in [0.1, 0.15) is 5.56 Å². The molecule has 1 heterocycles. The summed E-state index contributed by atoms with van der Waals surface area (Å²) in [6.07, 6.45) is 0. The molecule has 0 fully saturated rings. The van der Waals surface area contributed by atoms with Gasteiger partial charge in [-0.15, -0.1) is 0 Å². The first-order valence-corrected chi connectivity index (χ1v) is 4.72. The summed E-state index contributed by atoms with van der Waals surface area (Å²) in [5, 5.41) is 0. The van der Waals surface area contributed by atoms with Crippen molar-refractivity contribution in [2.75, 3.05) is 0 Å². The zero-order valence-corrected chi connectivity index (χ0v) is 8.58. The summed E-state index contributed by atoms with van der Waals surface area (Å²) in [6, 6.07) is 8.86. The van der Waals surface area contributed by atoms with E-state index < -0.39 is 11.8 Å². The van der Waals surface area contributed by atoms with Crippen LogP contribution in [-0.2, 0) is 0 Å². The van der Waals surface area contributed by atoms with E-state index in [-0.39, 0.29) is 11.6 Å². The van der Waals surface area contributed by atoms with E-state index in [1.54, 1.807) is 19.1 Å². The predicted molar refractivity (Wildman–Crippen MR) is 55.4 cm³/mol. The van der Waals surface area contributed by atoms with E-state index in [0.717, 1.165) is 0 Å². The van der Waals surface area contributed by atoms with Crippen LogP contribution >= 0.6 is 0 Å². The van der Waals surface area contributed by atoms with Gasteiger partial charge in [-0.25, -0.2) is 4.39 Å². The Bertz CT molecular complexity index is 514. The number of aryl methyl sites for hydroxylation is 1. The first-order chi connectivity index (χ1) is 7.66. The maximum absolute atomic E-state index is 13.5. The Kier molecular flexibility index (Phi) is 2.81. The minimum Gasteiger partial charge on any atom is -0.436 e. The van der Waals surface area contributed by atoms with E-state index in [1.807, 2.05) is 0 Å². The third kappa shape index (κ3) is 2.16. The molecule has 1 aromatic carbocycles. The molecule has 0 radical (unpaired) electrons. The highest BCUT2D eigenvalue weighted by molar-refractivity contribution is 5.32. The van der Waals surface area contributed by atoms with Gasteiger partial charge in [0.05, 0.1) is 0 Å². The van der Waals surface area contributed by atoms with Gasteiger partial charge in [0.1, 0.15) is 0 Å². The van der Waals surface area contributed by atoms with Crippen LogP contribution in [0.5, 0.6) is 11.6 Å². The van der Waals surface area contributed by atoms with Gasteiger partial charge in [0.25, 0.3) is 0 Å². The first kappa shape index (κ1) is 10.5. The lowest BCUT2D eigenvalue weighted by molar-refractivity contribution is 0.414. The van der Waals surface area contributed by atoms with Crippen molar-refractivity contribution in [2.24, 2.45) is 0 Å². The Morgan fingerprint density at radius 1 is 1.06 bits per heavy atom. The second kappa shape index (κ2) is 4.26. The number of rotatable bonds is 2. The highest BCUT2D eigenvalue weighted by Crippen LogP contribution is 2.24. The van der Waals surface area contributed by atoms with Gasteiger partial charge in [0.2, 0.25) is 11.8 Å². The first-order valence-electron chi connectivity index (χ1n) is 4.72. The largest absolute Gasteiger partial charge is 0.436 e. The summed E-state index contributed by atoms with van der Waals surface area (Å²) in [5.41, 5.74) is 0.467. The summed E-state index contributed by atoms with van der Waals surface area (Å²) in [6.45, 7) is 1.63. The molecule has 2 aromatic rings. The Hall–Kier alpha value is -1.97. The highest BCUT2D eigenvalue weighted by Gasteiger charge is 2.07. The van der Waals surface area contributed by atoms with Crippen molar-refractivity contribution in [1.29, 1.82) is 0 Å². The molecule has 0 saturated carbocycles. The van der Waals surface area contributed by atoms with Gasteiger partial charge in [-0.1, -0.05) is 18.2 Å². The minimum absolute atomic E-state index is 0.0319. The molecule has 16 heavy (non-hydrogen) atoms. The molecule has 1 aromatic heterocycles.